The van der Waals surface area contributed by atoms with Crippen molar-refractivity contribution in [2.24, 2.45) is 0 Å². The van der Waals surface area contributed by atoms with E-state index in [1.165, 1.54) is 24.4 Å². The van der Waals surface area contributed by atoms with E-state index in [9.17, 15) is 19.7 Å². The van der Waals surface area contributed by atoms with Crippen molar-refractivity contribution in [3.8, 4) is 0 Å². The fourth-order valence-electron chi connectivity index (χ4n) is 2.53. The molecule has 0 fully saturated rings. The normalized spacial score (nSPS) is 12.8. The van der Waals surface area contributed by atoms with Crippen molar-refractivity contribution < 1.29 is 19.6 Å². The van der Waals surface area contributed by atoms with E-state index in [1.54, 1.807) is 32.0 Å². The summed E-state index contributed by atoms with van der Waals surface area (Å²) >= 11 is 0. The first-order valence-corrected chi connectivity index (χ1v) is 8.25. The smallest absolute Gasteiger partial charge is 0.335 e. The number of rotatable bonds is 8. The molecule has 2 aromatic rings. The molecule has 0 aliphatic heterocycles. The van der Waals surface area contributed by atoms with Crippen molar-refractivity contribution >= 4 is 17.6 Å². The van der Waals surface area contributed by atoms with Crippen LogP contribution < -0.4 is 10.6 Å². The molecule has 0 saturated carbocycles. The number of carboxylic acid groups (broad SMARTS) is 1. The molecule has 142 valence electrons. The molecular weight excluding hydrogens is 352 g/mol. The highest BCUT2D eigenvalue weighted by atomic mass is 16.6. The number of hydrogen-bond acceptors (Lipinski definition) is 6. The maximum atomic E-state index is 12.3. The highest BCUT2D eigenvalue weighted by Gasteiger charge is 2.19. The zero-order chi connectivity index (χ0) is 20.0. The lowest BCUT2D eigenvalue weighted by molar-refractivity contribution is -0.385. The second kappa shape index (κ2) is 8.86. The minimum absolute atomic E-state index is 0.0309. The molecule has 0 bridgehead atoms. The fourth-order valence-corrected chi connectivity index (χ4v) is 2.53. The van der Waals surface area contributed by atoms with Gasteiger partial charge in [-0.05, 0) is 26.0 Å². The van der Waals surface area contributed by atoms with Gasteiger partial charge in [-0.15, -0.1) is 0 Å². The van der Waals surface area contributed by atoms with Gasteiger partial charge in [-0.3, -0.25) is 25.2 Å². The average Bonchev–Trinajstić information content (AvgIpc) is 2.66. The molecule has 1 amide bonds. The van der Waals surface area contributed by atoms with E-state index < -0.39 is 16.9 Å². The number of pyridine rings is 1. The Bertz CT molecular complexity index is 855. The first kappa shape index (κ1) is 20.0. The Morgan fingerprint density at radius 1 is 1.26 bits per heavy atom. The second-order valence-electron chi connectivity index (χ2n) is 5.99. The van der Waals surface area contributed by atoms with Crippen molar-refractivity contribution in [1.82, 2.24) is 15.6 Å². The molecule has 0 aliphatic rings. The van der Waals surface area contributed by atoms with Gasteiger partial charge in [0, 0.05) is 30.4 Å². The van der Waals surface area contributed by atoms with Crippen LogP contribution in [0.15, 0.2) is 42.6 Å². The molecule has 2 rings (SSSR count). The lowest BCUT2D eigenvalue weighted by Gasteiger charge is -2.19. The van der Waals surface area contributed by atoms with Gasteiger partial charge in [0.2, 0.25) is 5.91 Å². The maximum Gasteiger partial charge on any atom is 0.335 e. The van der Waals surface area contributed by atoms with E-state index in [4.69, 9.17) is 5.11 Å². The standard InChI is InChI=1S/C18H20N4O5/c1-11(15-9-13(18(24)25)7-8-19-15)21-12(2)17(23)20-10-14-5-3-4-6-16(14)22(26)27/h3-9,11-12,21H,10H2,1-2H3,(H,20,23)(H,24,25). The molecule has 1 aromatic carbocycles. The molecule has 0 aliphatic carbocycles. The van der Waals surface area contributed by atoms with Gasteiger partial charge in [-0.1, -0.05) is 18.2 Å². The quantitative estimate of drug-likeness (QED) is 0.477. The van der Waals surface area contributed by atoms with Crippen LogP contribution in [0.4, 0.5) is 5.69 Å². The summed E-state index contributed by atoms with van der Waals surface area (Å²) in [7, 11) is 0. The van der Waals surface area contributed by atoms with Crippen molar-refractivity contribution in [2.75, 3.05) is 0 Å². The van der Waals surface area contributed by atoms with Crippen LogP contribution in [0.2, 0.25) is 0 Å². The molecule has 1 heterocycles. The Labute approximate surface area is 155 Å². The SMILES string of the molecule is CC(NC(C)c1cc(C(=O)O)ccn1)C(=O)NCc1ccccc1[N+](=O)[O-]. The summed E-state index contributed by atoms with van der Waals surface area (Å²) in [5.41, 5.74) is 0.962. The summed E-state index contributed by atoms with van der Waals surface area (Å²) in [6.07, 6.45) is 1.40. The molecule has 9 nitrogen and oxygen atoms in total. The van der Waals surface area contributed by atoms with E-state index in [1.807, 2.05) is 0 Å². The van der Waals surface area contributed by atoms with Crippen molar-refractivity contribution in [3.63, 3.8) is 0 Å². The number of benzene rings is 1. The zero-order valence-electron chi connectivity index (χ0n) is 14.9. The molecule has 0 radical (unpaired) electrons. The Morgan fingerprint density at radius 3 is 2.63 bits per heavy atom. The number of nitro groups is 1. The van der Waals surface area contributed by atoms with Crippen LogP contribution in [0.3, 0.4) is 0 Å². The lowest BCUT2D eigenvalue weighted by atomic mass is 10.1. The van der Waals surface area contributed by atoms with Gasteiger partial charge >= 0.3 is 5.97 Å². The molecule has 0 saturated heterocycles. The number of carboxylic acids is 1. The summed E-state index contributed by atoms with van der Waals surface area (Å²) < 4.78 is 0. The zero-order valence-corrected chi connectivity index (χ0v) is 14.9. The Hall–Kier alpha value is -3.33. The van der Waals surface area contributed by atoms with Crippen LogP contribution in [0.25, 0.3) is 0 Å². The minimum Gasteiger partial charge on any atom is -0.478 e. The number of amides is 1. The second-order valence-corrected chi connectivity index (χ2v) is 5.99. The molecule has 3 N–H and O–H groups in total. The number of carbonyl (C=O) groups is 2. The third kappa shape index (κ3) is 5.32. The molecule has 0 spiro atoms. The predicted octanol–water partition coefficient (Wildman–Crippen LogP) is 2.04. The molecule has 2 atom stereocenters. The average molecular weight is 372 g/mol. The summed E-state index contributed by atoms with van der Waals surface area (Å²) in [6.45, 7) is 3.44. The van der Waals surface area contributed by atoms with Crippen LogP contribution in [0, 0.1) is 10.1 Å². The van der Waals surface area contributed by atoms with E-state index in [2.05, 4.69) is 15.6 Å². The largest absolute Gasteiger partial charge is 0.478 e. The number of aromatic carboxylic acids is 1. The maximum absolute atomic E-state index is 12.3. The summed E-state index contributed by atoms with van der Waals surface area (Å²) in [5, 5.41) is 25.7. The molecule has 2 unspecified atom stereocenters. The monoisotopic (exact) mass is 372 g/mol. The van der Waals surface area contributed by atoms with Crippen LogP contribution in [-0.2, 0) is 11.3 Å². The van der Waals surface area contributed by atoms with Crippen LogP contribution >= 0.6 is 0 Å². The Kier molecular flexibility index (Phi) is 6.56. The molecule has 1 aromatic heterocycles. The van der Waals surface area contributed by atoms with Crippen molar-refractivity contribution in [1.29, 1.82) is 0 Å². The van der Waals surface area contributed by atoms with E-state index in [0.717, 1.165) is 0 Å². The van der Waals surface area contributed by atoms with Gasteiger partial charge in [0.15, 0.2) is 0 Å². The highest BCUT2D eigenvalue weighted by Crippen LogP contribution is 2.17. The number of nitro benzene ring substituents is 1. The van der Waals surface area contributed by atoms with E-state index in [-0.39, 0.29) is 29.7 Å². The third-order valence-electron chi connectivity index (χ3n) is 4.01. The minimum atomic E-state index is -1.05. The van der Waals surface area contributed by atoms with Gasteiger partial charge in [-0.25, -0.2) is 4.79 Å². The molecule has 9 heteroatoms. The summed E-state index contributed by atoms with van der Waals surface area (Å²) in [6, 6.07) is 8.05. The van der Waals surface area contributed by atoms with Gasteiger partial charge in [0.1, 0.15) is 0 Å². The van der Waals surface area contributed by atoms with Crippen molar-refractivity contribution in [2.45, 2.75) is 32.5 Å². The van der Waals surface area contributed by atoms with Crippen molar-refractivity contribution in [3.05, 3.63) is 69.5 Å². The number of nitrogens with zero attached hydrogens (tertiary/aromatic N) is 2. The molecule has 27 heavy (non-hydrogen) atoms. The van der Waals surface area contributed by atoms with E-state index in [0.29, 0.717) is 11.3 Å². The number of hydrogen-bond donors (Lipinski definition) is 3. The lowest BCUT2D eigenvalue weighted by Crippen LogP contribution is -2.43. The van der Waals surface area contributed by atoms with Crippen LogP contribution in [0.5, 0.6) is 0 Å². The molecular formula is C18H20N4O5. The number of nitrogens with one attached hydrogen (secondary N) is 2. The van der Waals surface area contributed by atoms with Crippen LogP contribution in [-0.4, -0.2) is 32.9 Å². The van der Waals surface area contributed by atoms with Gasteiger partial charge in [0.05, 0.1) is 22.2 Å². The number of para-hydroxylation sites is 1. The topological polar surface area (TPSA) is 134 Å². The number of aromatic nitrogens is 1. The summed E-state index contributed by atoms with van der Waals surface area (Å²) in [5.74, 6) is -1.39. The predicted molar refractivity (Wildman–Crippen MR) is 97.2 cm³/mol. The Balaban J connectivity index is 1.97. The third-order valence-corrected chi connectivity index (χ3v) is 4.01. The first-order chi connectivity index (χ1) is 12.8. The van der Waals surface area contributed by atoms with E-state index >= 15 is 0 Å². The van der Waals surface area contributed by atoms with Gasteiger partial charge in [-0.2, -0.15) is 0 Å². The Morgan fingerprint density at radius 2 is 1.96 bits per heavy atom. The highest BCUT2D eigenvalue weighted by molar-refractivity contribution is 5.87. The summed E-state index contributed by atoms with van der Waals surface area (Å²) in [4.78, 5) is 38.0. The first-order valence-electron chi connectivity index (χ1n) is 8.25. The van der Waals surface area contributed by atoms with Crippen LogP contribution in [0.1, 0.15) is 41.5 Å². The fraction of sp³-hybridized carbons (Fsp3) is 0.278. The van der Waals surface area contributed by atoms with Gasteiger partial charge in [0.25, 0.3) is 5.69 Å². The van der Waals surface area contributed by atoms with Gasteiger partial charge < -0.3 is 10.4 Å². The number of carbonyl (C=O) groups excluding carboxylic acids is 1.